The van der Waals surface area contributed by atoms with Crippen LogP contribution in [0.15, 0.2) is 128 Å². The van der Waals surface area contributed by atoms with Gasteiger partial charge in [-0.3, -0.25) is 0 Å². The molecule has 2 aromatic heterocycles. The second kappa shape index (κ2) is 15.7. The van der Waals surface area contributed by atoms with Crippen molar-refractivity contribution >= 4 is 38.9 Å². The van der Waals surface area contributed by atoms with Crippen molar-refractivity contribution in [3.05, 3.63) is 169 Å². The molecule has 0 fully saturated rings. The van der Waals surface area contributed by atoms with Crippen molar-refractivity contribution in [2.75, 3.05) is 16.5 Å². The summed E-state index contributed by atoms with van der Waals surface area (Å²) in [6.45, 7) is 20.9. The van der Waals surface area contributed by atoms with Crippen molar-refractivity contribution in [3.63, 3.8) is 0 Å². The Labute approximate surface area is 354 Å². The first kappa shape index (κ1) is 41.5. The van der Waals surface area contributed by atoms with Gasteiger partial charge in [0.25, 0.3) is 0 Å². The largest absolute Gasteiger partial charge is 0.509 e. The van der Waals surface area contributed by atoms with Gasteiger partial charge in [0.05, 0.1) is 12.4 Å². The van der Waals surface area contributed by atoms with Gasteiger partial charge in [-0.15, -0.1) is 41.3 Å². The van der Waals surface area contributed by atoms with Crippen LogP contribution in [0.4, 0.5) is 11.4 Å². The van der Waals surface area contributed by atoms with Crippen molar-refractivity contribution < 1.29 is 25.8 Å². The molecule has 0 saturated heterocycles. The summed E-state index contributed by atoms with van der Waals surface area (Å²) < 4.78 is 8.99. The number of fused-ring (bicyclic) bond motifs is 3. The Bertz CT molecular complexity index is 2570. The smallest absolute Gasteiger partial charge is 0.135 e. The molecule has 0 saturated carbocycles. The summed E-state index contributed by atoms with van der Waals surface area (Å²) in [5.74, 6) is 2.13. The fourth-order valence-electron chi connectivity index (χ4n) is 7.30. The minimum Gasteiger partial charge on any atom is -0.509 e. The number of hydrogen-bond donors (Lipinski definition) is 0. The van der Waals surface area contributed by atoms with Crippen LogP contribution in [-0.2, 0) is 37.3 Å². The number of pyridine rings is 1. The van der Waals surface area contributed by atoms with E-state index in [-0.39, 0.29) is 44.7 Å². The third-order valence-corrected chi connectivity index (χ3v) is 10.6. The van der Waals surface area contributed by atoms with E-state index in [0.29, 0.717) is 18.2 Å². The molecular weight excluding hydrogens is 880 g/mol. The molecule has 5 nitrogen and oxygen atoms in total. The summed E-state index contributed by atoms with van der Waals surface area (Å²) in [5, 5.41) is 2.25. The van der Waals surface area contributed by atoms with Gasteiger partial charge in [0.1, 0.15) is 5.82 Å². The van der Waals surface area contributed by atoms with Crippen LogP contribution in [0.3, 0.4) is 0 Å². The molecule has 6 heteroatoms. The molecule has 296 valence electrons. The maximum atomic E-state index is 6.79. The number of aromatic nitrogens is 2. The molecule has 1 aliphatic rings. The number of ether oxygens (including phenoxy) is 1. The molecule has 0 N–H and O–H groups in total. The van der Waals surface area contributed by atoms with E-state index in [9.17, 15) is 0 Å². The van der Waals surface area contributed by atoms with E-state index in [2.05, 4.69) is 204 Å². The average molecular weight is 933 g/mol. The summed E-state index contributed by atoms with van der Waals surface area (Å²) in [4.78, 5) is 9.54. The number of hydrogen-bond acceptors (Lipinski definition) is 4. The number of anilines is 2. The Morgan fingerprint density at radius 1 is 0.614 bits per heavy atom. The molecule has 7 aromatic rings. The Balaban J connectivity index is 0.00000275. The molecule has 8 rings (SSSR count). The van der Waals surface area contributed by atoms with E-state index < -0.39 is 0 Å². The molecule has 0 bridgehead atoms. The standard InChI is InChI=1S/C50H50N4O.CH3.Pt/c1-48(2,3)35-18-15-19-38(26-35)52-32-46(34-16-11-10-12-17-34)53(33-52)39-27-37(50(7,8)9)28-41(30-39)55-40-22-23-43-42-20-13-14-21-44(42)54(45(43)31-40)47-29-36(24-25-51-47)49(4,5)6;;/h10-29,32H,33H2,1-9H3;1H3;/q-2;-1;. The maximum absolute atomic E-state index is 6.79. The summed E-state index contributed by atoms with van der Waals surface area (Å²) in [6, 6.07) is 48.2. The minimum atomic E-state index is -0.136. The Morgan fingerprint density at radius 3 is 2.02 bits per heavy atom. The third-order valence-electron chi connectivity index (χ3n) is 10.6. The van der Waals surface area contributed by atoms with Gasteiger partial charge in [-0.25, -0.2) is 4.98 Å². The predicted octanol–water partition coefficient (Wildman–Crippen LogP) is 13.2. The number of nitrogens with zero attached hydrogens (tertiary/aromatic N) is 4. The predicted molar refractivity (Wildman–Crippen MR) is 236 cm³/mol. The molecular formula is C51H53N4OPt-3. The molecule has 1 aliphatic heterocycles. The first-order chi connectivity index (χ1) is 26.1. The van der Waals surface area contributed by atoms with Crippen molar-refractivity contribution in [1.82, 2.24) is 9.55 Å². The van der Waals surface area contributed by atoms with Crippen LogP contribution in [0, 0.1) is 19.6 Å². The van der Waals surface area contributed by atoms with E-state index in [0.717, 1.165) is 55.8 Å². The first-order valence-corrected chi connectivity index (χ1v) is 19.2. The van der Waals surface area contributed by atoms with Crippen LogP contribution in [-0.4, -0.2) is 16.2 Å². The van der Waals surface area contributed by atoms with Gasteiger partial charge in [-0.1, -0.05) is 134 Å². The van der Waals surface area contributed by atoms with Crippen molar-refractivity contribution in [2.24, 2.45) is 0 Å². The van der Waals surface area contributed by atoms with Gasteiger partial charge < -0.3 is 26.5 Å². The number of benzene rings is 5. The second-order valence-corrected chi connectivity index (χ2v) is 17.8. The van der Waals surface area contributed by atoms with Crippen LogP contribution in [0.5, 0.6) is 11.5 Å². The zero-order chi connectivity index (χ0) is 38.7. The van der Waals surface area contributed by atoms with E-state index in [1.807, 2.05) is 12.3 Å². The summed E-state index contributed by atoms with van der Waals surface area (Å²) in [6.07, 6.45) is 4.17. The van der Waals surface area contributed by atoms with E-state index in [4.69, 9.17) is 9.72 Å². The van der Waals surface area contributed by atoms with Crippen LogP contribution < -0.4 is 14.5 Å². The Kier molecular flexibility index (Phi) is 11.4. The Hall–Kier alpha value is -5.12. The van der Waals surface area contributed by atoms with Crippen LogP contribution in [0.2, 0.25) is 0 Å². The SMILES string of the molecule is CC(C)(C)c1cc(Oc2[c-]c3c(cc2)c2ccccc2n3-c2cc(C(C)(C)C)ccn2)[c-]c(N2CN(c3cccc(C(C)(C)C)c3)C=C2c2ccccc2)c1.[CH3-].[Pt]. The average Bonchev–Trinajstić information content (AvgIpc) is 3.74. The summed E-state index contributed by atoms with van der Waals surface area (Å²) in [7, 11) is 0. The van der Waals surface area contributed by atoms with Crippen LogP contribution >= 0.6 is 0 Å². The van der Waals surface area contributed by atoms with Crippen LogP contribution in [0.25, 0.3) is 33.3 Å². The van der Waals surface area contributed by atoms with Gasteiger partial charge in [-0.05, 0) is 68.7 Å². The van der Waals surface area contributed by atoms with E-state index >= 15 is 0 Å². The second-order valence-electron chi connectivity index (χ2n) is 17.8. The molecule has 0 unspecified atom stereocenters. The maximum Gasteiger partial charge on any atom is 0.135 e. The number of para-hydroxylation sites is 1. The van der Waals surface area contributed by atoms with Gasteiger partial charge in [0.15, 0.2) is 0 Å². The van der Waals surface area contributed by atoms with Crippen molar-refractivity contribution in [3.8, 4) is 17.3 Å². The number of rotatable bonds is 6. The van der Waals surface area contributed by atoms with Crippen LogP contribution in [0.1, 0.15) is 84.6 Å². The normalized spacial score (nSPS) is 13.4. The molecule has 0 radical (unpaired) electrons. The zero-order valence-corrected chi connectivity index (χ0v) is 37.1. The molecule has 0 aliphatic carbocycles. The monoisotopic (exact) mass is 932 g/mol. The van der Waals surface area contributed by atoms with Gasteiger partial charge in [0, 0.05) is 56.2 Å². The van der Waals surface area contributed by atoms with E-state index in [1.165, 1.54) is 11.1 Å². The topological polar surface area (TPSA) is 33.5 Å². The molecule has 3 heterocycles. The Morgan fingerprint density at radius 2 is 1.30 bits per heavy atom. The molecule has 0 spiro atoms. The van der Waals surface area contributed by atoms with Gasteiger partial charge in [-0.2, -0.15) is 6.07 Å². The van der Waals surface area contributed by atoms with Crippen molar-refractivity contribution in [1.29, 1.82) is 0 Å². The fourth-order valence-corrected chi connectivity index (χ4v) is 7.30. The van der Waals surface area contributed by atoms with Gasteiger partial charge in [0.2, 0.25) is 0 Å². The molecule has 0 atom stereocenters. The zero-order valence-electron chi connectivity index (χ0n) is 34.8. The molecule has 57 heavy (non-hydrogen) atoms. The third kappa shape index (κ3) is 8.32. The van der Waals surface area contributed by atoms with Gasteiger partial charge >= 0.3 is 0 Å². The van der Waals surface area contributed by atoms with Crippen molar-refractivity contribution in [2.45, 2.75) is 78.6 Å². The van der Waals surface area contributed by atoms with E-state index in [1.54, 1.807) is 0 Å². The summed E-state index contributed by atoms with van der Waals surface area (Å²) in [5.41, 5.74) is 9.95. The quantitative estimate of drug-likeness (QED) is 0.156. The molecule has 5 aromatic carbocycles. The molecule has 0 amide bonds. The first-order valence-electron chi connectivity index (χ1n) is 19.2. The minimum absolute atomic E-state index is 0. The summed E-state index contributed by atoms with van der Waals surface area (Å²) >= 11 is 0. The fraction of sp³-hybridized carbons (Fsp3) is 0.255.